The van der Waals surface area contributed by atoms with Gasteiger partial charge in [0.15, 0.2) is 0 Å². The summed E-state index contributed by atoms with van der Waals surface area (Å²) in [5.41, 5.74) is 0. The summed E-state index contributed by atoms with van der Waals surface area (Å²) >= 11 is 6.15. The van der Waals surface area contributed by atoms with Gasteiger partial charge in [0.25, 0.3) is 0 Å². The second kappa shape index (κ2) is 2.41. The van der Waals surface area contributed by atoms with Crippen LogP contribution in [-0.4, -0.2) is 4.87 Å². The summed E-state index contributed by atoms with van der Waals surface area (Å²) < 4.78 is 0. The van der Waals surface area contributed by atoms with Crippen molar-refractivity contribution in [3.8, 4) is 0 Å². The molecule has 0 N–H and O–H groups in total. The van der Waals surface area contributed by atoms with Crippen molar-refractivity contribution >= 4 is 11.6 Å². The maximum atomic E-state index is 6.15. The van der Waals surface area contributed by atoms with Gasteiger partial charge >= 0.3 is 0 Å². The predicted octanol–water partition coefficient (Wildman–Crippen LogP) is 3.30. The average Bonchev–Trinajstić information content (AvgIpc) is 2.38. The molecule has 0 aromatic heterocycles. The zero-order valence-electron chi connectivity index (χ0n) is 7.32. The van der Waals surface area contributed by atoms with Crippen LogP contribution in [0.1, 0.15) is 34.1 Å². The molecule has 0 nitrogen and oxygen atoms in total. The van der Waals surface area contributed by atoms with E-state index in [1.165, 1.54) is 6.42 Å². The summed E-state index contributed by atoms with van der Waals surface area (Å²) in [6.07, 6.45) is 1.22. The number of hydrogen-bond acceptors (Lipinski definition) is 0. The number of halogens is 1. The van der Waals surface area contributed by atoms with Crippen molar-refractivity contribution < 1.29 is 0 Å². The highest BCUT2D eigenvalue weighted by atomic mass is 35.5. The molecular formula is C9H17Cl. The van der Waals surface area contributed by atoms with Gasteiger partial charge < -0.3 is 0 Å². The molecule has 1 rings (SSSR count). The third-order valence-electron chi connectivity index (χ3n) is 2.92. The van der Waals surface area contributed by atoms with Crippen LogP contribution in [-0.2, 0) is 0 Å². The van der Waals surface area contributed by atoms with Crippen molar-refractivity contribution in [1.29, 1.82) is 0 Å². The quantitative estimate of drug-likeness (QED) is 0.544. The molecule has 0 saturated heterocycles. The van der Waals surface area contributed by atoms with Crippen LogP contribution >= 0.6 is 11.6 Å². The van der Waals surface area contributed by atoms with Gasteiger partial charge in [-0.1, -0.05) is 20.8 Å². The summed E-state index contributed by atoms with van der Waals surface area (Å²) in [6, 6.07) is 0. The van der Waals surface area contributed by atoms with Crippen molar-refractivity contribution in [1.82, 2.24) is 0 Å². The fraction of sp³-hybridized carbons (Fsp3) is 1.00. The number of hydrogen-bond donors (Lipinski definition) is 0. The molecule has 0 aliphatic heterocycles. The largest absolute Gasteiger partial charge is 0.119 e. The van der Waals surface area contributed by atoms with E-state index in [1.54, 1.807) is 0 Å². The van der Waals surface area contributed by atoms with E-state index in [1.807, 2.05) is 0 Å². The van der Waals surface area contributed by atoms with Crippen molar-refractivity contribution in [2.75, 3.05) is 0 Å². The second-order valence-electron chi connectivity index (χ2n) is 4.19. The summed E-state index contributed by atoms with van der Waals surface area (Å²) in [4.78, 5) is 0.143. The highest BCUT2D eigenvalue weighted by Gasteiger charge is 2.51. The van der Waals surface area contributed by atoms with E-state index in [2.05, 4.69) is 27.7 Å². The molecule has 1 unspecified atom stereocenters. The Morgan fingerprint density at radius 3 is 1.90 bits per heavy atom. The zero-order chi connectivity index (χ0) is 7.94. The molecule has 60 valence electrons. The van der Waals surface area contributed by atoms with Crippen molar-refractivity contribution in [2.24, 2.45) is 17.8 Å². The molecule has 0 aromatic carbocycles. The van der Waals surface area contributed by atoms with E-state index in [0.29, 0.717) is 0 Å². The Bertz CT molecular complexity index is 127. The van der Waals surface area contributed by atoms with E-state index in [-0.39, 0.29) is 4.87 Å². The van der Waals surface area contributed by atoms with Crippen molar-refractivity contribution in [3.05, 3.63) is 0 Å². The van der Waals surface area contributed by atoms with Gasteiger partial charge in [0.1, 0.15) is 0 Å². The molecule has 0 radical (unpaired) electrons. The first-order valence-electron chi connectivity index (χ1n) is 4.14. The fourth-order valence-electron chi connectivity index (χ4n) is 1.57. The fourth-order valence-corrected chi connectivity index (χ4v) is 1.93. The summed E-state index contributed by atoms with van der Waals surface area (Å²) in [5.74, 6) is 2.35. The Kier molecular flexibility index (Phi) is 2.02. The van der Waals surface area contributed by atoms with Crippen LogP contribution in [0.4, 0.5) is 0 Å². The Morgan fingerprint density at radius 1 is 1.40 bits per heavy atom. The van der Waals surface area contributed by atoms with Gasteiger partial charge in [-0.3, -0.25) is 0 Å². The van der Waals surface area contributed by atoms with Gasteiger partial charge in [-0.15, -0.1) is 11.6 Å². The monoisotopic (exact) mass is 160 g/mol. The lowest BCUT2D eigenvalue weighted by Crippen LogP contribution is -2.11. The van der Waals surface area contributed by atoms with E-state index < -0.39 is 0 Å². The standard InChI is InChI=1S/C9H17Cl/c1-6(2)7(3)8-5-9(8,4)10/h6-8H,5H2,1-4H3/t7-,8-,9?/m1/s1. The van der Waals surface area contributed by atoms with Crippen LogP contribution < -0.4 is 0 Å². The average molecular weight is 161 g/mol. The molecule has 0 aromatic rings. The lowest BCUT2D eigenvalue weighted by atomic mass is 9.92. The Morgan fingerprint density at radius 2 is 1.80 bits per heavy atom. The van der Waals surface area contributed by atoms with E-state index >= 15 is 0 Å². The molecule has 0 heterocycles. The molecule has 1 fully saturated rings. The topological polar surface area (TPSA) is 0 Å². The normalized spacial score (nSPS) is 42.0. The highest BCUT2D eigenvalue weighted by molar-refractivity contribution is 6.25. The Hall–Kier alpha value is 0.290. The molecule has 0 bridgehead atoms. The number of rotatable bonds is 2. The molecule has 0 spiro atoms. The van der Waals surface area contributed by atoms with Gasteiger partial charge in [0.2, 0.25) is 0 Å². The minimum Gasteiger partial charge on any atom is -0.119 e. The smallest absolute Gasteiger partial charge is 0.0453 e. The van der Waals surface area contributed by atoms with Crippen LogP contribution in [0, 0.1) is 17.8 Å². The molecule has 1 heteroatoms. The summed E-state index contributed by atoms with van der Waals surface area (Å²) in [7, 11) is 0. The predicted molar refractivity (Wildman–Crippen MR) is 46.4 cm³/mol. The molecule has 1 aliphatic carbocycles. The van der Waals surface area contributed by atoms with Gasteiger partial charge in [-0.05, 0) is 31.1 Å². The van der Waals surface area contributed by atoms with Gasteiger partial charge in [-0.25, -0.2) is 0 Å². The van der Waals surface area contributed by atoms with E-state index in [9.17, 15) is 0 Å². The molecule has 3 atom stereocenters. The first-order valence-corrected chi connectivity index (χ1v) is 4.52. The summed E-state index contributed by atoms with van der Waals surface area (Å²) in [5, 5.41) is 0. The van der Waals surface area contributed by atoms with Crippen LogP contribution in [0.5, 0.6) is 0 Å². The first-order chi connectivity index (χ1) is 4.45. The third kappa shape index (κ3) is 1.47. The minimum absolute atomic E-state index is 0.143. The summed E-state index contributed by atoms with van der Waals surface area (Å²) in [6.45, 7) is 9.01. The highest BCUT2D eigenvalue weighted by Crippen LogP contribution is 2.54. The Balaban J connectivity index is 2.40. The SMILES string of the molecule is CC(C)[C@@H](C)[C@H]1CC1(C)Cl. The lowest BCUT2D eigenvalue weighted by Gasteiger charge is -2.15. The maximum absolute atomic E-state index is 6.15. The van der Waals surface area contributed by atoms with Crippen LogP contribution in [0.3, 0.4) is 0 Å². The van der Waals surface area contributed by atoms with Crippen molar-refractivity contribution in [3.63, 3.8) is 0 Å². The Labute approximate surface area is 69.0 Å². The van der Waals surface area contributed by atoms with Crippen LogP contribution in [0.2, 0.25) is 0 Å². The van der Waals surface area contributed by atoms with Gasteiger partial charge in [-0.2, -0.15) is 0 Å². The van der Waals surface area contributed by atoms with Gasteiger partial charge in [0, 0.05) is 4.87 Å². The molecule has 1 saturated carbocycles. The van der Waals surface area contributed by atoms with E-state index in [0.717, 1.165) is 17.8 Å². The lowest BCUT2D eigenvalue weighted by molar-refractivity contribution is 0.363. The van der Waals surface area contributed by atoms with Crippen LogP contribution in [0.15, 0.2) is 0 Å². The van der Waals surface area contributed by atoms with Gasteiger partial charge in [0.05, 0.1) is 0 Å². The molecule has 1 aliphatic rings. The first kappa shape index (κ1) is 8.39. The maximum Gasteiger partial charge on any atom is 0.0453 e. The third-order valence-corrected chi connectivity index (χ3v) is 3.35. The van der Waals surface area contributed by atoms with Crippen molar-refractivity contribution in [2.45, 2.75) is 39.0 Å². The minimum atomic E-state index is 0.143. The molecule has 0 amide bonds. The second-order valence-corrected chi connectivity index (χ2v) is 5.06. The molecular weight excluding hydrogens is 144 g/mol. The van der Waals surface area contributed by atoms with Crippen LogP contribution in [0.25, 0.3) is 0 Å². The zero-order valence-corrected chi connectivity index (χ0v) is 8.07. The number of alkyl halides is 1. The van der Waals surface area contributed by atoms with E-state index in [4.69, 9.17) is 11.6 Å². The molecule has 10 heavy (non-hydrogen) atoms.